The molecule has 11 heteroatoms. The van der Waals surface area contributed by atoms with Crippen molar-refractivity contribution in [1.29, 1.82) is 0 Å². The minimum Gasteiger partial charge on any atom is -0.472 e. The number of carbonyl (C=O) groups excluding carboxylic acids is 1. The number of halogens is 4. The first-order chi connectivity index (χ1) is 15.3. The fourth-order valence-corrected chi connectivity index (χ4v) is 4.47. The second-order valence-corrected chi connectivity index (χ2v) is 7.85. The van der Waals surface area contributed by atoms with Crippen molar-refractivity contribution in [1.82, 2.24) is 24.9 Å². The molecule has 0 spiro atoms. The van der Waals surface area contributed by atoms with Gasteiger partial charge < -0.3 is 9.64 Å². The van der Waals surface area contributed by atoms with E-state index in [4.69, 9.17) is 4.74 Å². The number of benzene rings is 1. The summed E-state index contributed by atoms with van der Waals surface area (Å²) in [6, 6.07) is 5.97. The van der Waals surface area contributed by atoms with Gasteiger partial charge >= 0.3 is 6.18 Å². The molecule has 32 heavy (non-hydrogen) atoms. The predicted molar refractivity (Wildman–Crippen MR) is 103 cm³/mol. The lowest BCUT2D eigenvalue weighted by atomic mass is 10.1. The number of alkyl halides is 3. The van der Waals surface area contributed by atoms with Crippen molar-refractivity contribution in [3.8, 4) is 11.6 Å². The van der Waals surface area contributed by atoms with Crippen LogP contribution in [-0.2, 0) is 6.18 Å². The fraction of sp³-hybridized carbons (Fsp3) is 0.333. The van der Waals surface area contributed by atoms with Crippen molar-refractivity contribution in [2.75, 3.05) is 6.54 Å². The monoisotopic (exact) mass is 447 g/mol. The third-order valence-electron chi connectivity index (χ3n) is 5.86. The molecule has 1 amide bonds. The molecule has 2 aromatic heterocycles. The second kappa shape index (κ2) is 7.57. The number of amides is 1. The molecule has 1 aromatic carbocycles. The predicted octanol–water partition coefficient (Wildman–Crippen LogP) is 3.50. The van der Waals surface area contributed by atoms with Crippen LogP contribution >= 0.6 is 0 Å². The molecule has 0 N–H and O–H groups in total. The highest BCUT2D eigenvalue weighted by Gasteiger charge is 2.49. The Bertz CT molecular complexity index is 1130. The standard InChI is InChI=1S/C21H17F4N5O2/c22-14-2-1-3-15(30-27-6-7-28-30)19(14)20(31)29-11-12-8-16(29)17(9-12)32-18-5-4-13(10-26-18)21(23,24)25/h1-7,10,12,16-17H,8-9,11H2/t12-,16+,17-/m1/s1. The number of hydrogen-bond acceptors (Lipinski definition) is 5. The molecule has 2 fully saturated rings. The summed E-state index contributed by atoms with van der Waals surface area (Å²) < 4.78 is 58.8. The van der Waals surface area contributed by atoms with Gasteiger partial charge in [-0.05, 0) is 37.0 Å². The van der Waals surface area contributed by atoms with Crippen LogP contribution in [0.4, 0.5) is 17.6 Å². The zero-order chi connectivity index (χ0) is 22.5. The van der Waals surface area contributed by atoms with Gasteiger partial charge in [0.05, 0.1) is 24.0 Å². The molecule has 0 unspecified atom stereocenters. The molecule has 3 heterocycles. The van der Waals surface area contributed by atoms with Gasteiger partial charge in [0.25, 0.3) is 5.91 Å². The van der Waals surface area contributed by atoms with Crippen molar-refractivity contribution in [3.63, 3.8) is 0 Å². The average molecular weight is 447 g/mol. The number of likely N-dealkylation sites (tertiary alicyclic amines) is 1. The molecule has 2 aliphatic rings. The number of fused-ring (bicyclic) bond motifs is 2. The van der Waals surface area contributed by atoms with Crippen LogP contribution in [0.2, 0.25) is 0 Å². The molecular weight excluding hydrogens is 430 g/mol. The summed E-state index contributed by atoms with van der Waals surface area (Å²) in [4.78, 5) is 19.9. The van der Waals surface area contributed by atoms with Crippen molar-refractivity contribution in [3.05, 3.63) is 65.9 Å². The quantitative estimate of drug-likeness (QED) is 0.573. The van der Waals surface area contributed by atoms with Crippen molar-refractivity contribution in [2.24, 2.45) is 5.92 Å². The van der Waals surface area contributed by atoms with Gasteiger partial charge in [0.15, 0.2) is 0 Å². The van der Waals surface area contributed by atoms with E-state index in [1.165, 1.54) is 35.4 Å². The van der Waals surface area contributed by atoms with Crippen LogP contribution in [0.25, 0.3) is 5.69 Å². The van der Waals surface area contributed by atoms with Crippen LogP contribution in [-0.4, -0.2) is 49.5 Å². The van der Waals surface area contributed by atoms with E-state index in [0.717, 1.165) is 6.07 Å². The first-order valence-corrected chi connectivity index (χ1v) is 9.97. The maximum atomic E-state index is 14.7. The fourth-order valence-electron chi connectivity index (χ4n) is 4.47. The Morgan fingerprint density at radius 1 is 1.09 bits per heavy atom. The Morgan fingerprint density at radius 3 is 2.53 bits per heavy atom. The number of pyridine rings is 1. The topological polar surface area (TPSA) is 73.1 Å². The summed E-state index contributed by atoms with van der Waals surface area (Å²) in [7, 11) is 0. The minimum absolute atomic E-state index is 0.0512. The van der Waals surface area contributed by atoms with E-state index in [-0.39, 0.29) is 29.1 Å². The van der Waals surface area contributed by atoms with Gasteiger partial charge in [0, 0.05) is 18.8 Å². The van der Waals surface area contributed by atoms with E-state index >= 15 is 0 Å². The molecule has 1 aliphatic heterocycles. The summed E-state index contributed by atoms with van der Waals surface area (Å²) in [6.45, 7) is 0.449. The van der Waals surface area contributed by atoms with E-state index < -0.39 is 29.6 Å². The Morgan fingerprint density at radius 2 is 1.88 bits per heavy atom. The molecule has 1 saturated carbocycles. The second-order valence-electron chi connectivity index (χ2n) is 7.85. The van der Waals surface area contributed by atoms with E-state index in [9.17, 15) is 22.4 Å². The SMILES string of the molecule is O=C(c1c(F)cccc1-n1nccn1)N1C[C@H]2C[C@@H](Oc3ccc(C(F)(F)F)cn3)[C@@H]1C2. The third kappa shape index (κ3) is 3.57. The summed E-state index contributed by atoms with van der Waals surface area (Å²) >= 11 is 0. The summed E-state index contributed by atoms with van der Waals surface area (Å²) in [6.07, 6.45) is -0.0467. The van der Waals surface area contributed by atoms with Crippen LogP contribution in [0.3, 0.4) is 0 Å². The highest BCUT2D eigenvalue weighted by molar-refractivity contribution is 5.98. The third-order valence-corrected chi connectivity index (χ3v) is 5.86. The smallest absolute Gasteiger partial charge is 0.417 e. The summed E-state index contributed by atoms with van der Waals surface area (Å²) in [5.41, 5.74) is -0.777. The Labute approximate surface area is 179 Å². The Hall–Kier alpha value is -3.50. The number of carbonyl (C=O) groups is 1. The van der Waals surface area contributed by atoms with Crippen LogP contribution in [0.5, 0.6) is 5.88 Å². The summed E-state index contributed by atoms with van der Waals surface area (Å²) in [5.74, 6) is -0.984. The minimum atomic E-state index is -4.48. The van der Waals surface area contributed by atoms with Gasteiger partial charge in [-0.2, -0.15) is 28.2 Å². The number of hydrogen-bond donors (Lipinski definition) is 0. The van der Waals surface area contributed by atoms with Crippen molar-refractivity contribution in [2.45, 2.75) is 31.2 Å². The van der Waals surface area contributed by atoms with Gasteiger partial charge in [-0.25, -0.2) is 9.37 Å². The number of aromatic nitrogens is 4. The highest BCUT2D eigenvalue weighted by Crippen LogP contribution is 2.41. The van der Waals surface area contributed by atoms with Gasteiger partial charge in [-0.3, -0.25) is 4.79 Å². The lowest BCUT2D eigenvalue weighted by Gasteiger charge is -2.33. The molecule has 166 valence electrons. The molecule has 0 radical (unpaired) electrons. The molecule has 3 aromatic rings. The number of piperidine rings is 1. The van der Waals surface area contributed by atoms with Crippen molar-refractivity contribution >= 4 is 5.91 Å². The molecule has 2 bridgehead atoms. The van der Waals surface area contributed by atoms with E-state index in [1.54, 1.807) is 11.0 Å². The highest BCUT2D eigenvalue weighted by atomic mass is 19.4. The molecule has 1 saturated heterocycles. The van der Waals surface area contributed by atoms with Gasteiger partial charge in [0.1, 0.15) is 23.2 Å². The lowest BCUT2D eigenvalue weighted by Crippen LogP contribution is -2.47. The Balaban J connectivity index is 1.37. The molecular formula is C21H17F4N5O2. The maximum absolute atomic E-state index is 14.7. The van der Waals surface area contributed by atoms with Crippen molar-refractivity contribution < 1.29 is 27.1 Å². The van der Waals surface area contributed by atoms with Gasteiger partial charge in [-0.1, -0.05) is 6.07 Å². The van der Waals surface area contributed by atoms with E-state index in [1.807, 2.05) is 0 Å². The van der Waals surface area contributed by atoms with Gasteiger partial charge in [0.2, 0.25) is 5.88 Å². The summed E-state index contributed by atoms with van der Waals surface area (Å²) in [5, 5.41) is 7.99. The van der Waals surface area contributed by atoms with Crippen LogP contribution in [0.15, 0.2) is 48.9 Å². The molecule has 3 atom stereocenters. The first kappa shape index (κ1) is 20.4. The van der Waals surface area contributed by atoms with Gasteiger partial charge in [-0.15, -0.1) is 0 Å². The van der Waals surface area contributed by atoms with Crippen LogP contribution in [0.1, 0.15) is 28.8 Å². The first-order valence-electron chi connectivity index (χ1n) is 9.97. The van der Waals surface area contributed by atoms with Crippen LogP contribution in [0, 0.1) is 11.7 Å². The zero-order valence-electron chi connectivity index (χ0n) is 16.5. The Kier molecular flexibility index (Phi) is 4.83. The zero-order valence-corrected chi connectivity index (χ0v) is 16.5. The van der Waals surface area contributed by atoms with Crippen LogP contribution < -0.4 is 4.74 Å². The average Bonchev–Trinajstić information content (AvgIpc) is 3.50. The van der Waals surface area contributed by atoms with E-state index in [2.05, 4.69) is 15.2 Å². The number of rotatable bonds is 4. The molecule has 7 nitrogen and oxygen atoms in total. The normalized spacial score (nSPS) is 22.4. The maximum Gasteiger partial charge on any atom is 0.417 e. The lowest BCUT2D eigenvalue weighted by molar-refractivity contribution is -0.137. The number of ether oxygens (including phenoxy) is 1. The molecule has 1 aliphatic carbocycles. The largest absolute Gasteiger partial charge is 0.472 e. The molecule has 5 rings (SSSR count). The number of nitrogens with zero attached hydrogens (tertiary/aromatic N) is 5. The van der Waals surface area contributed by atoms with E-state index in [0.29, 0.717) is 25.6 Å².